The van der Waals surface area contributed by atoms with Gasteiger partial charge in [-0.2, -0.15) is 11.8 Å². The van der Waals surface area contributed by atoms with E-state index in [1.165, 1.54) is 24.3 Å². The molecule has 0 saturated heterocycles. The molecule has 0 rings (SSSR count). The maximum atomic E-state index is 9.92. The van der Waals surface area contributed by atoms with Crippen LogP contribution in [0.25, 0.3) is 0 Å². The molecule has 1 atom stereocenters. The Morgan fingerprint density at radius 2 is 1.75 bits per heavy atom. The molecule has 3 N–H and O–H groups in total. The highest BCUT2D eigenvalue weighted by Gasteiger charge is 2.04. The van der Waals surface area contributed by atoms with Crippen molar-refractivity contribution < 1.29 is 14.6 Å². The van der Waals surface area contributed by atoms with Gasteiger partial charge in [-0.25, -0.2) is 4.79 Å². The van der Waals surface area contributed by atoms with E-state index in [2.05, 4.69) is 36.1 Å². The number of aliphatic hydroxyl groups is 1. The Kier molecular flexibility index (Phi) is 16.4. The molecule has 0 aromatic carbocycles. The second-order valence-corrected chi connectivity index (χ2v) is 4.52. The molecule has 0 aliphatic carbocycles. The van der Waals surface area contributed by atoms with Crippen molar-refractivity contribution in [1.82, 2.24) is 0 Å². The van der Waals surface area contributed by atoms with Gasteiger partial charge in [-0.05, 0) is 24.3 Å². The Balaban J connectivity index is 0. The highest BCUT2D eigenvalue weighted by molar-refractivity contribution is 7.99. The van der Waals surface area contributed by atoms with Gasteiger partial charge in [0.1, 0.15) is 0 Å². The van der Waals surface area contributed by atoms with Crippen LogP contribution in [-0.2, 0) is 4.74 Å². The Morgan fingerprint density at radius 3 is 2.06 bits per heavy atom. The van der Waals surface area contributed by atoms with Crippen LogP contribution in [-0.4, -0.2) is 29.0 Å². The second-order valence-electron chi connectivity index (χ2n) is 3.29. The first-order valence-corrected chi connectivity index (χ1v) is 6.95. The molecule has 0 heterocycles. The number of nitrogens with two attached hydrogens (primary N) is 1. The zero-order valence-electron chi connectivity index (χ0n) is 10.6. The Morgan fingerprint density at radius 1 is 1.25 bits per heavy atom. The minimum absolute atomic E-state index is 0.433. The first-order chi connectivity index (χ1) is 7.58. The molecule has 1 amide bonds. The number of thioether (sulfide) groups is 1. The van der Waals surface area contributed by atoms with Gasteiger partial charge in [-0.3, -0.25) is 0 Å². The van der Waals surface area contributed by atoms with E-state index in [-0.39, 0.29) is 0 Å². The SMILES string of the molecule is CCCC(O)OC(N)=O.CCCSCCC. The Labute approximate surface area is 103 Å². The molecule has 0 aliphatic rings. The highest BCUT2D eigenvalue weighted by atomic mass is 32.2. The number of rotatable bonds is 7. The number of primary amides is 1. The summed E-state index contributed by atoms with van der Waals surface area (Å²) in [6.07, 6.45) is 1.87. The molecule has 0 aromatic rings. The number of ether oxygens (including phenoxy) is 1. The van der Waals surface area contributed by atoms with Gasteiger partial charge in [-0.15, -0.1) is 0 Å². The highest BCUT2D eigenvalue weighted by Crippen LogP contribution is 2.02. The molecule has 0 aliphatic heterocycles. The van der Waals surface area contributed by atoms with E-state index in [0.29, 0.717) is 6.42 Å². The van der Waals surface area contributed by atoms with Crippen LogP contribution in [0.2, 0.25) is 0 Å². The van der Waals surface area contributed by atoms with E-state index in [1.54, 1.807) is 0 Å². The molecule has 98 valence electrons. The van der Waals surface area contributed by atoms with Crippen molar-refractivity contribution in [3.63, 3.8) is 0 Å². The minimum atomic E-state index is -1.03. The fourth-order valence-electron chi connectivity index (χ4n) is 0.831. The van der Waals surface area contributed by atoms with E-state index in [0.717, 1.165) is 6.42 Å². The van der Waals surface area contributed by atoms with Crippen molar-refractivity contribution in [3.8, 4) is 0 Å². The molecule has 16 heavy (non-hydrogen) atoms. The molecular weight excluding hydrogens is 226 g/mol. The lowest BCUT2D eigenvalue weighted by Gasteiger charge is -2.06. The largest absolute Gasteiger partial charge is 0.420 e. The van der Waals surface area contributed by atoms with Crippen molar-refractivity contribution in [2.75, 3.05) is 11.5 Å². The quantitative estimate of drug-likeness (QED) is 0.539. The summed E-state index contributed by atoms with van der Waals surface area (Å²) in [5.41, 5.74) is 4.60. The zero-order valence-corrected chi connectivity index (χ0v) is 11.4. The summed E-state index contributed by atoms with van der Waals surface area (Å²) in [6, 6.07) is 0. The number of hydrogen-bond donors (Lipinski definition) is 2. The van der Waals surface area contributed by atoms with Gasteiger partial charge in [0.05, 0.1) is 0 Å². The van der Waals surface area contributed by atoms with Crippen molar-refractivity contribution in [1.29, 1.82) is 0 Å². The average molecular weight is 251 g/mol. The van der Waals surface area contributed by atoms with Crippen molar-refractivity contribution in [2.45, 2.75) is 52.7 Å². The second kappa shape index (κ2) is 14.6. The molecule has 0 aromatic heterocycles. The van der Waals surface area contributed by atoms with E-state index < -0.39 is 12.4 Å². The summed E-state index contributed by atoms with van der Waals surface area (Å²) in [4.78, 5) is 9.92. The molecule has 0 bridgehead atoms. The van der Waals surface area contributed by atoms with Gasteiger partial charge in [0, 0.05) is 6.42 Å². The van der Waals surface area contributed by atoms with Crippen LogP contribution in [0.1, 0.15) is 46.5 Å². The summed E-state index contributed by atoms with van der Waals surface area (Å²) in [6.45, 7) is 6.32. The molecule has 1 unspecified atom stereocenters. The smallest absolute Gasteiger partial charge is 0.406 e. The monoisotopic (exact) mass is 251 g/mol. The fourth-order valence-corrected chi connectivity index (χ4v) is 1.61. The lowest BCUT2D eigenvalue weighted by Crippen LogP contribution is -2.21. The van der Waals surface area contributed by atoms with Crippen LogP contribution in [0.4, 0.5) is 4.79 Å². The normalized spacial score (nSPS) is 11.2. The summed E-state index contributed by atoms with van der Waals surface area (Å²) in [5.74, 6) is 2.68. The maximum absolute atomic E-state index is 9.92. The Hall–Kier alpha value is -0.420. The summed E-state index contributed by atoms with van der Waals surface area (Å²) in [7, 11) is 0. The van der Waals surface area contributed by atoms with Crippen LogP contribution in [0.3, 0.4) is 0 Å². The fraction of sp³-hybridized carbons (Fsp3) is 0.909. The van der Waals surface area contributed by atoms with Gasteiger partial charge in [-0.1, -0.05) is 27.2 Å². The van der Waals surface area contributed by atoms with Crippen LogP contribution in [0, 0.1) is 0 Å². The van der Waals surface area contributed by atoms with Gasteiger partial charge in [0.2, 0.25) is 6.29 Å². The van der Waals surface area contributed by atoms with Gasteiger partial charge in [0.25, 0.3) is 0 Å². The van der Waals surface area contributed by atoms with Crippen molar-refractivity contribution in [3.05, 3.63) is 0 Å². The van der Waals surface area contributed by atoms with E-state index in [1.807, 2.05) is 6.92 Å². The zero-order chi connectivity index (χ0) is 12.8. The van der Waals surface area contributed by atoms with Gasteiger partial charge < -0.3 is 15.6 Å². The van der Waals surface area contributed by atoms with E-state index >= 15 is 0 Å². The molecule has 0 fully saturated rings. The van der Waals surface area contributed by atoms with Crippen molar-refractivity contribution in [2.24, 2.45) is 5.73 Å². The third kappa shape index (κ3) is 19.2. The molecule has 5 heteroatoms. The van der Waals surface area contributed by atoms with Crippen LogP contribution < -0.4 is 5.73 Å². The number of carbonyl (C=O) groups excluding carboxylic acids is 1. The molecule has 0 saturated carbocycles. The lowest BCUT2D eigenvalue weighted by molar-refractivity contribution is -0.0532. The van der Waals surface area contributed by atoms with Crippen molar-refractivity contribution >= 4 is 17.9 Å². The van der Waals surface area contributed by atoms with Crippen LogP contribution >= 0.6 is 11.8 Å². The average Bonchev–Trinajstić information content (AvgIpc) is 2.18. The molecule has 0 spiro atoms. The van der Waals surface area contributed by atoms with Crippen LogP contribution in [0.5, 0.6) is 0 Å². The predicted molar refractivity (Wildman–Crippen MR) is 69.5 cm³/mol. The van der Waals surface area contributed by atoms with Gasteiger partial charge >= 0.3 is 6.09 Å². The van der Waals surface area contributed by atoms with E-state index in [9.17, 15) is 4.79 Å². The summed E-state index contributed by atoms with van der Waals surface area (Å²) < 4.78 is 4.19. The third-order valence-corrected chi connectivity index (χ3v) is 2.88. The Bertz CT molecular complexity index is 152. The summed E-state index contributed by atoms with van der Waals surface area (Å²) in [5, 5.41) is 8.70. The first kappa shape index (κ1) is 18.0. The number of hydrogen-bond acceptors (Lipinski definition) is 4. The maximum Gasteiger partial charge on any atom is 0.406 e. The van der Waals surface area contributed by atoms with Gasteiger partial charge in [0.15, 0.2) is 0 Å². The molecule has 0 radical (unpaired) electrons. The van der Waals surface area contributed by atoms with Crippen LogP contribution in [0.15, 0.2) is 0 Å². The first-order valence-electron chi connectivity index (χ1n) is 5.80. The van der Waals surface area contributed by atoms with E-state index in [4.69, 9.17) is 5.11 Å². The molecular formula is C11H25NO3S. The summed E-state index contributed by atoms with van der Waals surface area (Å²) >= 11 is 2.05. The third-order valence-electron chi connectivity index (χ3n) is 1.48. The topological polar surface area (TPSA) is 72.6 Å². The number of aliphatic hydroxyl groups excluding tert-OH is 1. The number of amides is 1. The minimum Gasteiger partial charge on any atom is -0.420 e. The lowest BCUT2D eigenvalue weighted by atomic mass is 10.3. The predicted octanol–water partition coefficient (Wildman–Crippen LogP) is 2.74. The number of carbonyl (C=O) groups is 1. The standard InChI is InChI=1S/C6H14S.C5H11NO3/c1-3-5-7-6-4-2;1-2-3-4(7)9-5(6)8/h3-6H2,1-2H3;4,7H,2-3H2,1H3,(H2,6,8). The molecule has 4 nitrogen and oxygen atoms in total.